The third kappa shape index (κ3) is 4.51. The average Bonchev–Trinajstić information content (AvgIpc) is 3.01. The Morgan fingerprint density at radius 1 is 1.00 bits per heavy atom. The molecule has 0 aliphatic rings. The van der Waals surface area contributed by atoms with Gasteiger partial charge in [-0.1, -0.05) is 23.7 Å². The van der Waals surface area contributed by atoms with E-state index < -0.39 is 5.97 Å². The van der Waals surface area contributed by atoms with E-state index in [1.54, 1.807) is 30.3 Å². The zero-order valence-corrected chi connectivity index (χ0v) is 17.3. The quantitative estimate of drug-likeness (QED) is 0.396. The van der Waals surface area contributed by atoms with Crippen LogP contribution in [0.5, 0.6) is 5.75 Å². The van der Waals surface area contributed by atoms with E-state index in [0.29, 0.717) is 17.2 Å². The maximum atomic E-state index is 12.7. The second kappa shape index (κ2) is 8.97. The highest BCUT2D eigenvalue weighted by atomic mass is 35.5. The van der Waals surface area contributed by atoms with Gasteiger partial charge in [-0.3, -0.25) is 4.79 Å². The van der Waals surface area contributed by atoms with Crippen LogP contribution >= 0.6 is 11.6 Å². The highest BCUT2D eigenvalue weighted by molar-refractivity contribution is 6.33. The molecule has 6 heteroatoms. The maximum absolute atomic E-state index is 12.7. The summed E-state index contributed by atoms with van der Waals surface area (Å²) >= 11 is 6.00. The summed E-state index contributed by atoms with van der Waals surface area (Å²) < 4.78 is 12.6. The average molecular weight is 412 g/mol. The van der Waals surface area contributed by atoms with Gasteiger partial charge >= 0.3 is 5.97 Å². The second-order valence-electron chi connectivity index (χ2n) is 6.53. The molecule has 0 radical (unpaired) electrons. The first-order valence-corrected chi connectivity index (χ1v) is 9.67. The molecular formula is C23H22ClNO4. The molecule has 150 valence electrons. The molecular weight excluding hydrogens is 390 g/mol. The van der Waals surface area contributed by atoms with Crippen LogP contribution in [0.1, 0.15) is 39.0 Å². The van der Waals surface area contributed by atoms with Crippen molar-refractivity contribution in [2.24, 2.45) is 0 Å². The molecule has 0 amide bonds. The number of ketones is 1. The molecule has 3 aromatic rings. The molecule has 5 nitrogen and oxygen atoms in total. The van der Waals surface area contributed by atoms with Crippen molar-refractivity contribution in [2.75, 3.05) is 13.2 Å². The fraction of sp³-hybridized carbons (Fsp3) is 0.217. The van der Waals surface area contributed by atoms with Crippen LogP contribution in [0.3, 0.4) is 0 Å². The Morgan fingerprint density at radius 3 is 2.34 bits per heavy atom. The molecule has 0 aliphatic carbocycles. The van der Waals surface area contributed by atoms with Gasteiger partial charge in [0, 0.05) is 22.6 Å². The number of carbonyl (C=O) groups excluding carboxylic acids is 2. The molecule has 0 bridgehead atoms. The van der Waals surface area contributed by atoms with Crippen LogP contribution in [0, 0.1) is 13.8 Å². The Labute approximate surface area is 174 Å². The summed E-state index contributed by atoms with van der Waals surface area (Å²) in [5, 5.41) is 0.290. The number of carbonyl (C=O) groups is 2. The molecule has 29 heavy (non-hydrogen) atoms. The van der Waals surface area contributed by atoms with Crippen LogP contribution in [-0.2, 0) is 4.74 Å². The van der Waals surface area contributed by atoms with Crippen LogP contribution in [0.15, 0.2) is 54.6 Å². The number of esters is 1. The van der Waals surface area contributed by atoms with Gasteiger partial charge in [-0.2, -0.15) is 0 Å². The zero-order chi connectivity index (χ0) is 21.0. The molecule has 0 saturated carbocycles. The van der Waals surface area contributed by atoms with Crippen LogP contribution < -0.4 is 4.74 Å². The first-order chi connectivity index (χ1) is 13.9. The molecule has 1 heterocycles. The number of halogens is 1. The monoisotopic (exact) mass is 411 g/mol. The van der Waals surface area contributed by atoms with E-state index in [2.05, 4.69) is 0 Å². The van der Waals surface area contributed by atoms with E-state index in [-0.39, 0.29) is 18.0 Å². The summed E-state index contributed by atoms with van der Waals surface area (Å²) in [7, 11) is 0. The zero-order valence-electron chi connectivity index (χ0n) is 16.6. The second-order valence-corrected chi connectivity index (χ2v) is 6.93. The minimum atomic E-state index is -0.621. The number of aryl methyl sites for hydroxylation is 1. The van der Waals surface area contributed by atoms with Crippen molar-refractivity contribution < 1.29 is 19.1 Å². The third-order valence-corrected chi connectivity index (χ3v) is 4.90. The van der Waals surface area contributed by atoms with Crippen molar-refractivity contribution in [1.29, 1.82) is 0 Å². The van der Waals surface area contributed by atoms with E-state index in [1.807, 2.05) is 49.6 Å². The van der Waals surface area contributed by atoms with Crippen molar-refractivity contribution in [2.45, 2.75) is 20.8 Å². The van der Waals surface area contributed by atoms with Gasteiger partial charge in [0.1, 0.15) is 5.75 Å². The van der Waals surface area contributed by atoms with E-state index >= 15 is 0 Å². The van der Waals surface area contributed by atoms with Crippen LogP contribution in [0.2, 0.25) is 5.02 Å². The van der Waals surface area contributed by atoms with Crippen molar-refractivity contribution in [3.05, 3.63) is 82.1 Å². The summed E-state index contributed by atoms with van der Waals surface area (Å²) in [6.45, 7) is 5.98. The van der Waals surface area contributed by atoms with Crippen molar-refractivity contribution >= 4 is 23.4 Å². The van der Waals surface area contributed by atoms with Gasteiger partial charge < -0.3 is 14.0 Å². The van der Waals surface area contributed by atoms with Gasteiger partial charge in [0.05, 0.1) is 17.2 Å². The maximum Gasteiger partial charge on any atom is 0.340 e. The first-order valence-electron chi connectivity index (χ1n) is 9.29. The lowest BCUT2D eigenvalue weighted by Crippen LogP contribution is -2.15. The third-order valence-electron chi connectivity index (χ3n) is 4.57. The normalized spacial score (nSPS) is 10.6. The Hall–Kier alpha value is -3.05. The number of hydrogen-bond acceptors (Lipinski definition) is 4. The molecule has 2 aromatic carbocycles. The lowest BCUT2D eigenvalue weighted by atomic mass is 10.1. The summed E-state index contributed by atoms with van der Waals surface area (Å²) in [5.74, 6) is -0.0959. The standard InChI is InChI=1S/C23H22ClNO4/c1-4-28-18-11-9-17(10-12-18)25-15(2)13-20(16(25)3)22(26)14-29-23(27)19-7-5-6-8-21(19)24/h5-13H,4,14H2,1-3H3. The number of benzene rings is 2. The summed E-state index contributed by atoms with van der Waals surface area (Å²) in [6.07, 6.45) is 0. The van der Waals surface area contributed by atoms with Gasteiger partial charge in [-0.25, -0.2) is 4.79 Å². The van der Waals surface area contributed by atoms with Gasteiger partial charge in [0.25, 0.3) is 0 Å². The lowest BCUT2D eigenvalue weighted by molar-refractivity contribution is 0.0474. The Balaban J connectivity index is 1.76. The summed E-state index contributed by atoms with van der Waals surface area (Å²) in [6, 6.07) is 16.0. The number of aromatic nitrogens is 1. The minimum Gasteiger partial charge on any atom is -0.494 e. The van der Waals surface area contributed by atoms with Gasteiger partial charge in [0.2, 0.25) is 5.78 Å². The fourth-order valence-electron chi connectivity index (χ4n) is 3.21. The Bertz CT molecular complexity index is 1040. The van der Waals surface area contributed by atoms with E-state index in [4.69, 9.17) is 21.1 Å². The van der Waals surface area contributed by atoms with Gasteiger partial charge in [-0.15, -0.1) is 0 Å². The topological polar surface area (TPSA) is 57.5 Å². The summed E-state index contributed by atoms with van der Waals surface area (Å²) in [4.78, 5) is 24.9. The molecule has 0 unspecified atom stereocenters. The minimum absolute atomic E-state index is 0.238. The predicted molar refractivity (Wildman–Crippen MR) is 112 cm³/mol. The molecule has 0 saturated heterocycles. The fourth-order valence-corrected chi connectivity index (χ4v) is 3.43. The summed E-state index contributed by atoms with van der Waals surface area (Å²) in [5.41, 5.74) is 3.37. The molecule has 0 aliphatic heterocycles. The predicted octanol–water partition coefficient (Wildman–Crippen LogP) is 5.19. The molecule has 3 rings (SSSR count). The van der Waals surface area contributed by atoms with E-state index in [9.17, 15) is 9.59 Å². The molecule has 0 atom stereocenters. The van der Waals surface area contributed by atoms with Crippen LogP contribution in [0.4, 0.5) is 0 Å². The number of hydrogen-bond donors (Lipinski definition) is 0. The number of ether oxygens (including phenoxy) is 2. The lowest BCUT2D eigenvalue weighted by Gasteiger charge is -2.11. The molecule has 0 fully saturated rings. The van der Waals surface area contributed by atoms with Crippen LogP contribution in [0.25, 0.3) is 5.69 Å². The molecule has 1 aromatic heterocycles. The molecule has 0 spiro atoms. The largest absolute Gasteiger partial charge is 0.494 e. The highest BCUT2D eigenvalue weighted by Crippen LogP contribution is 2.23. The first kappa shape index (κ1) is 20.7. The highest BCUT2D eigenvalue weighted by Gasteiger charge is 2.19. The van der Waals surface area contributed by atoms with E-state index in [0.717, 1.165) is 22.8 Å². The van der Waals surface area contributed by atoms with Gasteiger partial charge in [0.15, 0.2) is 6.61 Å². The van der Waals surface area contributed by atoms with Gasteiger partial charge in [-0.05, 0) is 63.2 Å². The number of rotatable bonds is 7. The smallest absolute Gasteiger partial charge is 0.340 e. The Morgan fingerprint density at radius 2 is 1.69 bits per heavy atom. The SMILES string of the molecule is CCOc1ccc(-n2c(C)cc(C(=O)COC(=O)c3ccccc3Cl)c2C)cc1. The Kier molecular flexibility index (Phi) is 6.39. The van der Waals surface area contributed by atoms with Crippen molar-refractivity contribution in [3.8, 4) is 11.4 Å². The number of Topliss-reactive ketones (excluding diaryl/α,β-unsaturated/α-hetero) is 1. The van der Waals surface area contributed by atoms with E-state index in [1.165, 1.54) is 0 Å². The van der Waals surface area contributed by atoms with Crippen LogP contribution in [-0.4, -0.2) is 29.5 Å². The van der Waals surface area contributed by atoms with Crippen molar-refractivity contribution in [1.82, 2.24) is 4.57 Å². The number of nitrogens with zero attached hydrogens (tertiary/aromatic N) is 1. The molecule has 0 N–H and O–H groups in total. The van der Waals surface area contributed by atoms with Crippen molar-refractivity contribution in [3.63, 3.8) is 0 Å².